The molecule has 0 bridgehead atoms. The summed E-state index contributed by atoms with van der Waals surface area (Å²) in [4.78, 5) is 0. The number of nitrogens with zero attached hydrogens (tertiary/aromatic N) is 1. The van der Waals surface area contributed by atoms with Gasteiger partial charge in [0, 0.05) is 17.8 Å². The van der Waals surface area contributed by atoms with Crippen LogP contribution in [0.4, 0.5) is 10.1 Å². The van der Waals surface area contributed by atoms with Crippen LogP contribution in [0.1, 0.15) is 16.7 Å². The van der Waals surface area contributed by atoms with Crippen molar-refractivity contribution in [3.05, 3.63) is 65.0 Å². The van der Waals surface area contributed by atoms with E-state index in [0.717, 1.165) is 11.3 Å². The Balaban J connectivity index is 2.12. The summed E-state index contributed by atoms with van der Waals surface area (Å²) < 4.78 is 13.3. The first-order valence-electron chi connectivity index (χ1n) is 5.69. The second kappa shape index (κ2) is 5.33. The molecule has 2 aromatic carbocycles. The van der Waals surface area contributed by atoms with Crippen molar-refractivity contribution in [3.8, 4) is 6.07 Å². The summed E-state index contributed by atoms with van der Waals surface area (Å²) in [5, 5.41) is 12.0. The highest BCUT2D eigenvalue weighted by atomic mass is 19.1. The molecule has 90 valence electrons. The van der Waals surface area contributed by atoms with Gasteiger partial charge in [-0.2, -0.15) is 5.26 Å². The fourth-order valence-corrected chi connectivity index (χ4v) is 1.75. The zero-order chi connectivity index (χ0) is 13.0. The number of anilines is 1. The van der Waals surface area contributed by atoms with E-state index in [9.17, 15) is 4.39 Å². The predicted octanol–water partition coefficient (Wildman–Crippen LogP) is 3.62. The monoisotopic (exact) mass is 240 g/mol. The molecule has 0 aromatic heterocycles. The molecule has 1 N–H and O–H groups in total. The van der Waals surface area contributed by atoms with Gasteiger partial charge < -0.3 is 5.32 Å². The standard InChI is InChI=1S/C15H13FN2/c1-11-14(16)6-3-7-15(11)18-10-13-5-2-4-12(8-13)9-17/h2-8,18H,10H2,1H3. The Hall–Kier alpha value is -2.34. The van der Waals surface area contributed by atoms with Crippen LogP contribution >= 0.6 is 0 Å². The molecule has 0 atom stereocenters. The highest BCUT2D eigenvalue weighted by molar-refractivity contribution is 5.51. The van der Waals surface area contributed by atoms with Crippen LogP contribution in [0, 0.1) is 24.1 Å². The van der Waals surface area contributed by atoms with Gasteiger partial charge >= 0.3 is 0 Å². The van der Waals surface area contributed by atoms with Crippen molar-refractivity contribution in [2.75, 3.05) is 5.32 Å². The fourth-order valence-electron chi connectivity index (χ4n) is 1.75. The summed E-state index contributed by atoms with van der Waals surface area (Å²) in [6.45, 7) is 2.31. The smallest absolute Gasteiger partial charge is 0.128 e. The quantitative estimate of drug-likeness (QED) is 0.889. The van der Waals surface area contributed by atoms with Crippen molar-refractivity contribution in [1.82, 2.24) is 0 Å². The van der Waals surface area contributed by atoms with E-state index in [-0.39, 0.29) is 5.82 Å². The molecule has 0 aliphatic rings. The first kappa shape index (κ1) is 12.1. The van der Waals surface area contributed by atoms with Gasteiger partial charge in [0.05, 0.1) is 11.6 Å². The van der Waals surface area contributed by atoms with E-state index in [2.05, 4.69) is 11.4 Å². The largest absolute Gasteiger partial charge is 0.381 e. The lowest BCUT2D eigenvalue weighted by Crippen LogP contribution is -2.02. The SMILES string of the molecule is Cc1c(F)cccc1NCc1cccc(C#N)c1. The van der Waals surface area contributed by atoms with Gasteiger partial charge in [-0.15, -0.1) is 0 Å². The Labute approximate surface area is 106 Å². The van der Waals surface area contributed by atoms with E-state index in [1.165, 1.54) is 6.07 Å². The van der Waals surface area contributed by atoms with Gasteiger partial charge in [0.1, 0.15) is 5.82 Å². The average molecular weight is 240 g/mol. The third-order valence-electron chi connectivity index (χ3n) is 2.81. The van der Waals surface area contributed by atoms with Crippen LogP contribution in [-0.2, 0) is 6.54 Å². The number of nitriles is 1. The number of hydrogen-bond acceptors (Lipinski definition) is 2. The normalized spacial score (nSPS) is 9.83. The molecule has 0 aliphatic carbocycles. The van der Waals surface area contributed by atoms with Gasteiger partial charge in [0.25, 0.3) is 0 Å². The molecular weight excluding hydrogens is 227 g/mol. The summed E-state index contributed by atoms with van der Waals surface area (Å²) in [6.07, 6.45) is 0. The van der Waals surface area contributed by atoms with Crippen LogP contribution < -0.4 is 5.32 Å². The Morgan fingerprint density at radius 2 is 2.00 bits per heavy atom. The van der Waals surface area contributed by atoms with Gasteiger partial charge in [0.15, 0.2) is 0 Å². The molecule has 0 saturated carbocycles. The predicted molar refractivity (Wildman–Crippen MR) is 69.6 cm³/mol. The van der Waals surface area contributed by atoms with Crippen molar-refractivity contribution in [2.24, 2.45) is 0 Å². The lowest BCUT2D eigenvalue weighted by Gasteiger charge is -2.10. The Morgan fingerprint density at radius 3 is 2.78 bits per heavy atom. The van der Waals surface area contributed by atoms with E-state index >= 15 is 0 Å². The molecule has 0 aliphatic heterocycles. The topological polar surface area (TPSA) is 35.8 Å². The zero-order valence-corrected chi connectivity index (χ0v) is 10.1. The summed E-state index contributed by atoms with van der Waals surface area (Å²) >= 11 is 0. The van der Waals surface area contributed by atoms with Gasteiger partial charge in [-0.3, -0.25) is 0 Å². The van der Waals surface area contributed by atoms with Crippen LogP contribution in [-0.4, -0.2) is 0 Å². The fraction of sp³-hybridized carbons (Fsp3) is 0.133. The highest BCUT2D eigenvalue weighted by Gasteiger charge is 2.02. The van der Waals surface area contributed by atoms with Crippen LogP contribution in [0.5, 0.6) is 0 Å². The molecule has 0 saturated heterocycles. The summed E-state index contributed by atoms with van der Waals surface area (Å²) in [5.41, 5.74) is 3.01. The maximum Gasteiger partial charge on any atom is 0.128 e. The van der Waals surface area contributed by atoms with Gasteiger partial charge in [0.2, 0.25) is 0 Å². The maximum absolute atomic E-state index is 13.3. The molecule has 18 heavy (non-hydrogen) atoms. The minimum Gasteiger partial charge on any atom is -0.381 e. The lowest BCUT2D eigenvalue weighted by atomic mass is 10.1. The maximum atomic E-state index is 13.3. The highest BCUT2D eigenvalue weighted by Crippen LogP contribution is 2.18. The second-order valence-corrected chi connectivity index (χ2v) is 4.08. The minimum absolute atomic E-state index is 0.217. The van der Waals surface area contributed by atoms with Crippen molar-refractivity contribution in [1.29, 1.82) is 5.26 Å². The third kappa shape index (κ3) is 2.67. The molecule has 0 amide bonds. The molecule has 2 aromatic rings. The van der Waals surface area contributed by atoms with E-state index < -0.39 is 0 Å². The number of rotatable bonds is 3. The zero-order valence-electron chi connectivity index (χ0n) is 10.1. The molecule has 3 heteroatoms. The lowest BCUT2D eigenvalue weighted by molar-refractivity contribution is 0.619. The van der Waals surface area contributed by atoms with Crippen molar-refractivity contribution < 1.29 is 4.39 Å². The molecule has 0 radical (unpaired) electrons. The van der Waals surface area contributed by atoms with Crippen LogP contribution in [0.3, 0.4) is 0 Å². The van der Waals surface area contributed by atoms with E-state index in [0.29, 0.717) is 17.7 Å². The number of halogens is 1. The van der Waals surface area contributed by atoms with Gasteiger partial charge in [-0.05, 0) is 36.8 Å². The van der Waals surface area contributed by atoms with Crippen LogP contribution in [0.2, 0.25) is 0 Å². The second-order valence-electron chi connectivity index (χ2n) is 4.08. The summed E-state index contributed by atoms with van der Waals surface area (Å²) in [5.74, 6) is -0.217. The van der Waals surface area contributed by atoms with Crippen molar-refractivity contribution in [3.63, 3.8) is 0 Å². The molecular formula is C15H13FN2. The van der Waals surface area contributed by atoms with Crippen LogP contribution in [0.25, 0.3) is 0 Å². The Morgan fingerprint density at radius 1 is 1.22 bits per heavy atom. The Kier molecular flexibility index (Phi) is 3.59. The van der Waals surface area contributed by atoms with Crippen LogP contribution in [0.15, 0.2) is 42.5 Å². The minimum atomic E-state index is -0.217. The Bertz CT molecular complexity index is 600. The van der Waals surface area contributed by atoms with E-state index in [4.69, 9.17) is 5.26 Å². The molecule has 2 nitrogen and oxygen atoms in total. The third-order valence-corrected chi connectivity index (χ3v) is 2.81. The van der Waals surface area contributed by atoms with E-state index in [1.54, 1.807) is 19.1 Å². The van der Waals surface area contributed by atoms with Crippen molar-refractivity contribution in [2.45, 2.75) is 13.5 Å². The number of hydrogen-bond donors (Lipinski definition) is 1. The first-order chi connectivity index (χ1) is 8.70. The number of nitrogens with one attached hydrogen (secondary N) is 1. The summed E-state index contributed by atoms with van der Waals surface area (Å²) in [7, 11) is 0. The van der Waals surface area contributed by atoms with Gasteiger partial charge in [-0.25, -0.2) is 4.39 Å². The van der Waals surface area contributed by atoms with E-state index in [1.807, 2.05) is 24.3 Å². The average Bonchev–Trinajstić information content (AvgIpc) is 2.41. The molecule has 0 heterocycles. The number of benzene rings is 2. The van der Waals surface area contributed by atoms with Crippen molar-refractivity contribution >= 4 is 5.69 Å². The molecule has 0 unspecified atom stereocenters. The first-order valence-corrected chi connectivity index (χ1v) is 5.69. The molecule has 0 spiro atoms. The van der Waals surface area contributed by atoms with Gasteiger partial charge in [-0.1, -0.05) is 18.2 Å². The molecule has 0 fully saturated rings. The summed E-state index contributed by atoms with van der Waals surface area (Å²) in [6, 6.07) is 14.4. The molecule has 2 rings (SSSR count).